The normalized spacial score (nSPS) is 18.1. The van der Waals surface area contributed by atoms with Crippen molar-refractivity contribution in [2.75, 3.05) is 62.0 Å². The highest BCUT2D eigenvalue weighted by Crippen LogP contribution is 2.30. The van der Waals surface area contributed by atoms with E-state index in [-0.39, 0.29) is 72.7 Å². The van der Waals surface area contributed by atoms with Gasteiger partial charge in [-0.05, 0) is 45.2 Å². The summed E-state index contributed by atoms with van der Waals surface area (Å²) in [6.07, 6.45) is 1.31. The number of likely N-dealkylation sites (tertiary alicyclic amines) is 1. The molecule has 0 spiro atoms. The van der Waals surface area contributed by atoms with Gasteiger partial charge in [0.25, 0.3) is 5.69 Å². The molecule has 7 atom stereocenters. The van der Waals surface area contributed by atoms with Gasteiger partial charge in [0, 0.05) is 53.0 Å². The highest BCUT2D eigenvalue weighted by Gasteiger charge is 2.42. The molecule has 51 heavy (non-hydrogen) atoms. The summed E-state index contributed by atoms with van der Waals surface area (Å²) in [5, 5.41) is 14.2. The molecular formula is C37H62N6O8. The molecule has 14 nitrogen and oxygen atoms in total. The van der Waals surface area contributed by atoms with Gasteiger partial charge in [-0.15, -0.1) is 0 Å². The van der Waals surface area contributed by atoms with Crippen molar-refractivity contribution in [2.45, 2.75) is 97.1 Å². The summed E-state index contributed by atoms with van der Waals surface area (Å²) in [6.45, 7) is 10.4. The number of hydrogen-bond acceptors (Lipinski definition) is 9. The second kappa shape index (κ2) is 20.4. The number of amides is 4. The minimum absolute atomic E-state index is 0.0100. The van der Waals surface area contributed by atoms with E-state index in [2.05, 4.69) is 5.32 Å². The van der Waals surface area contributed by atoms with Crippen LogP contribution in [-0.2, 0) is 35.1 Å². The first-order valence-electron chi connectivity index (χ1n) is 18.0. The Labute approximate surface area is 304 Å². The van der Waals surface area contributed by atoms with Crippen molar-refractivity contribution in [1.29, 1.82) is 0 Å². The maximum Gasteiger partial charge on any atom is 0.272 e. The van der Waals surface area contributed by atoms with Gasteiger partial charge in [0.1, 0.15) is 0 Å². The lowest BCUT2D eigenvalue weighted by Crippen LogP contribution is -2.55. The van der Waals surface area contributed by atoms with E-state index in [1.807, 2.05) is 46.7 Å². The molecule has 1 heterocycles. The Bertz CT molecular complexity index is 1320. The number of ether oxygens (including phenoxy) is 2. The summed E-state index contributed by atoms with van der Waals surface area (Å²) in [7, 11) is 10.1. The number of hydrogen-bond donors (Lipinski definition) is 1. The third kappa shape index (κ3) is 11.4. The predicted octanol–water partition coefficient (Wildman–Crippen LogP) is 3.22. The molecule has 1 fully saturated rings. The lowest BCUT2D eigenvalue weighted by atomic mass is 9.90. The number of nitro groups is 1. The van der Waals surface area contributed by atoms with Crippen molar-refractivity contribution in [2.24, 2.45) is 17.8 Å². The largest absolute Gasteiger partial charge is 0.379 e. The Morgan fingerprint density at radius 3 is 2.24 bits per heavy atom. The van der Waals surface area contributed by atoms with E-state index in [9.17, 15) is 29.3 Å². The highest BCUT2D eigenvalue weighted by molar-refractivity contribution is 5.87. The summed E-state index contributed by atoms with van der Waals surface area (Å²) >= 11 is 0. The Kier molecular flexibility index (Phi) is 17.4. The molecule has 1 N–H and O–H groups in total. The zero-order valence-corrected chi connectivity index (χ0v) is 32.6. The van der Waals surface area contributed by atoms with Crippen LogP contribution in [0.3, 0.4) is 0 Å². The molecule has 1 aliphatic heterocycles. The molecule has 1 aromatic carbocycles. The number of carbonyl (C=O) groups is 4. The van der Waals surface area contributed by atoms with E-state index >= 15 is 0 Å². The first kappa shape index (κ1) is 43.5. The molecule has 4 amide bonds. The number of nitro benzene ring substituents is 1. The number of carbonyl (C=O) groups excluding carboxylic acids is 4. The van der Waals surface area contributed by atoms with Gasteiger partial charge < -0.3 is 29.5 Å². The van der Waals surface area contributed by atoms with E-state index in [1.54, 1.807) is 61.0 Å². The molecule has 0 radical (unpaired) electrons. The third-order valence-corrected chi connectivity index (χ3v) is 10.4. The number of likely N-dealkylation sites (N-methyl/N-ethyl adjacent to an activating group) is 3. The van der Waals surface area contributed by atoms with Crippen LogP contribution in [-0.4, -0.2) is 141 Å². The van der Waals surface area contributed by atoms with Crippen molar-refractivity contribution in [1.82, 2.24) is 24.9 Å². The van der Waals surface area contributed by atoms with Crippen LogP contribution in [0.2, 0.25) is 0 Å². The van der Waals surface area contributed by atoms with Crippen LogP contribution >= 0.6 is 0 Å². The number of methoxy groups -OCH3 is 2. The van der Waals surface area contributed by atoms with Crippen LogP contribution in [0.5, 0.6) is 0 Å². The van der Waals surface area contributed by atoms with Crippen LogP contribution in [0.15, 0.2) is 24.3 Å². The monoisotopic (exact) mass is 718 g/mol. The maximum atomic E-state index is 14.0. The van der Waals surface area contributed by atoms with Crippen LogP contribution < -0.4 is 5.32 Å². The molecule has 2 rings (SSSR count). The van der Waals surface area contributed by atoms with Gasteiger partial charge in [0.2, 0.25) is 23.6 Å². The van der Waals surface area contributed by atoms with Crippen LogP contribution in [0, 0.1) is 27.9 Å². The van der Waals surface area contributed by atoms with Crippen molar-refractivity contribution in [3.8, 4) is 0 Å². The average molecular weight is 719 g/mol. The molecule has 1 aromatic rings. The Morgan fingerprint density at radius 1 is 1.04 bits per heavy atom. The third-order valence-electron chi connectivity index (χ3n) is 10.4. The van der Waals surface area contributed by atoms with E-state index in [1.165, 1.54) is 13.2 Å². The van der Waals surface area contributed by atoms with Crippen molar-refractivity contribution in [3.05, 3.63) is 39.9 Å². The molecule has 0 saturated carbocycles. The second-order valence-electron chi connectivity index (χ2n) is 14.4. The minimum Gasteiger partial charge on any atom is -0.379 e. The predicted molar refractivity (Wildman–Crippen MR) is 196 cm³/mol. The summed E-state index contributed by atoms with van der Waals surface area (Å²) in [5.74, 6) is -1.36. The van der Waals surface area contributed by atoms with Gasteiger partial charge in [0.15, 0.2) is 0 Å². The van der Waals surface area contributed by atoms with E-state index < -0.39 is 29.1 Å². The second-order valence-corrected chi connectivity index (χ2v) is 14.4. The number of nitrogens with one attached hydrogen (secondary N) is 1. The Hall–Kier alpha value is -3.62. The maximum absolute atomic E-state index is 14.0. The smallest absolute Gasteiger partial charge is 0.272 e. The summed E-state index contributed by atoms with van der Waals surface area (Å²) in [6, 6.07) is 5.35. The van der Waals surface area contributed by atoms with Crippen LogP contribution in [0.25, 0.3) is 0 Å². The van der Waals surface area contributed by atoms with E-state index in [4.69, 9.17) is 9.47 Å². The fraction of sp³-hybridized carbons (Fsp3) is 0.730. The van der Waals surface area contributed by atoms with Crippen molar-refractivity contribution >= 4 is 29.3 Å². The molecule has 14 heteroatoms. The summed E-state index contributed by atoms with van der Waals surface area (Å²) in [5.41, 5.74) is 0.573. The van der Waals surface area contributed by atoms with Gasteiger partial charge in [0.05, 0.1) is 54.1 Å². The Balaban J connectivity index is 2.16. The van der Waals surface area contributed by atoms with Crippen LogP contribution in [0.4, 0.5) is 5.69 Å². The van der Waals surface area contributed by atoms with Gasteiger partial charge in [-0.1, -0.05) is 59.2 Å². The Morgan fingerprint density at radius 2 is 1.69 bits per heavy atom. The highest BCUT2D eigenvalue weighted by atomic mass is 16.6. The average Bonchev–Trinajstić information content (AvgIpc) is 3.58. The topological polar surface area (TPSA) is 155 Å². The minimum atomic E-state index is -0.614. The molecule has 288 valence electrons. The SMILES string of the molecule is CCC(C)C(C(CC(=O)N1CCCC1C(OC)C(C)C(=O)N(C)CCc1ccccc1[N+](=O)[O-])OC)N(C)C(=O)CNC(=O)C(C(C)C)N(C)C. The molecule has 0 aromatic heterocycles. The lowest BCUT2D eigenvalue weighted by Gasteiger charge is -2.39. The standard InChI is InChI=1S/C37H62N6O8/c1-12-25(4)34(41(9)32(45)23-38-36(46)33(24(2)3)39(6)7)30(50-10)22-31(44)42-20-15-18-29(42)35(51-11)26(5)37(47)40(8)21-19-27-16-13-14-17-28(27)43(48)49/h13-14,16-17,24-26,29-30,33-35H,12,15,18-23H2,1-11H3,(H,38,46). The number of nitrogens with zero attached hydrogens (tertiary/aromatic N) is 5. The zero-order chi connectivity index (χ0) is 38.6. The number of para-hydroxylation sites is 1. The zero-order valence-electron chi connectivity index (χ0n) is 32.6. The molecular weight excluding hydrogens is 656 g/mol. The lowest BCUT2D eigenvalue weighted by molar-refractivity contribution is -0.385. The fourth-order valence-corrected chi connectivity index (χ4v) is 7.49. The van der Waals surface area contributed by atoms with Gasteiger partial charge in [-0.2, -0.15) is 0 Å². The fourth-order valence-electron chi connectivity index (χ4n) is 7.49. The van der Waals surface area contributed by atoms with Gasteiger partial charge in [-0.3, -0.25) is 34.2 Å². The molecule has 0 aliphatic carbocycles. The quantitative estimate of drug-likeness (QED) is 0.158. The van der Waals surface area contributed by atoms with Gasteiger partial charge in [-0.25, -0.2) is 0 Å². The molecule has 0 bridgehead atoms. The summed E-state index contributed by atoms with van der Waals surface area (Å²) < 4.78 is 11.8. The molecule has 7 unspecified atom stereocenters. The molecule has 1 saturated heterocycles. The van der Waals surface area contributed by atoms with Crippen molar-refractivity contribution < 1.29 is 33.6 Å². The molecule has 1 aliphatic rings. The number of benzene rings is 1. The first-order valence-corrected chi connectivity index (χ1v) is 18.0. The van der Waals surface area contributed by atoms with E-state index in [0.29, 0.717) is 24.9 Å². The number of rotatable bonds is 20. The van der Waals surface area contributed by atoms with E-state index in [0.717, 1.165) is 12.8 Å². The van der Waals surface area contributed by atoms with Crippen LogP contribution in [0.1, 0.15) is 65.9 Å². The van der Waals surface area contributed by atoms with Gasteiger partial charge >= 0.3 is 0 Å². The van der Waals surface area contributed by atoms with Crippen molar-refractivity contribution in [3.63, 3.8) is 0 Å². The summed E-state index contributed by atoms with van der Waals surface area (Å²) in [4.78, 5) is 71.8. The first-order chi connectivity index (χ1) is 24.0.